The van der Waals surface area contributed by atoms with Gasteiger partial charge in [0.1, 0.15) is 16.8 Å². The highest BCUT2D eigenvalue weighted by molar-refractivity contribution is 7.80. The largest absolute Gasteiger partial charge is 0.497 e. The SMILES string of the molecule is COc1cc(-c2c(Cl)cc(C(=S)N3CCN(C(=O)O)CC3C(F)F)c(N)c2F)c2ccccc2c1. The number of methoxy groups -OCH3 is 1. The van der Waals surface area contributed by atoms with Gasteiger partial charge < -0.3 is 25.4 Å². The molecule has 1 saturated heterocycles. The maximum atomic E-state index is 15.8. The van der Waals surface area contributed by atoms with Crippen molar-refractivity contribution in [3.8, 4) is 16.9 Å². The quantitative estimate of drug-likeness (QED) is 0.347. The molecule has 3 N–H and O–H groups in total. The van der Waals surface area contributed by atoms with Crippen molar-refractivity contribution >= 4 is 51.4 Å². The number of hydrogen-bond acceptors (Lipinski definition) is 4. The highest BCUT2D eigenvalue weighted by atomic mass is 35.5. The number of thiocarbonyl (C=S) groups is 1. The summed E-state index contributed by atoms with van der Waals surface area (Å²) in [4.78, 5) is 13.2. The molecule has 184 valence electrons. The number of nitrogens with two attached hydrogens (primary N) is 1. The van der Waals surface area contributed by atoms with Crippen molar-refractivity contribution in [1.82, 2.24) is 9.80 Å². The van der Waals surface area contributed by atoms with Gasteiger partial charge in [-0.3, -0.25) is 0 Å². The smallest absolute Gasteiger partial charge is 0.407 e. The zero-order valence-corrected chi connectivity index (χ0v) is 20.0. The number of carbonyl (C=O) groups is 1. The van der Waals surface area contributed by atoms with Crippen LogP contribution in [0.2, 0.25) is 5.02 Å². The Kier molecular flexibility index (Phi) is 6.95. The van der Waals surface area contributed by atoms with Crippen LogP contribution in [-0.4, -0.2) is 65.2 Å². The van der Waals surface area contributed by atoms with Gasteiger partial charge >= 0.3 is 6.09 Å². The van der Waals surface area contributed by atoms with Gasteiger partial charge in [0.05, 0.1) is 17.8 Å². The zero-order valence-electron chi connectivity index (χ0n) is 18.5. The van der Waals surface area contributed by atoms with E-state index in [1.54, 1.807) is 18.2 Å². The molecule has 0 bridgehead atoms. The Morgan fingerprint density at radius 1 is 1.26 bits per heavy atom. The van der Waals surface area contributed by atoms with Gasteiger partial charge in [-0.15, -0.1) is 0 Å². The van der Waals surface area contributed by atoms with Gasteiger partial charge in [-0.1, -0.05) is 48.1 Å². The molecule has 1 heterocycles. The van der Waals surface area contributed by atoms with E-state index in [1.807, 2.05) is 18.2 Å². The third kappa shape index (κ3) is 4.55. The van der Waals surface area contributed by atoms with Crippen LogP contribution in [0.4, 0.5) is 23.7 Å². The van der Waals surface area contributed by atoms with Crippen LogP contribution in [0.25, 0.3) is 21.9 Å². The normalized spacial score (nSPS) is 16.1. The lowest BCUT2D eigenvalue weighted by Gasteiger charge is -2.41. The number of piperazine rings is 1. The van der Waals surface area contributed by atoms with Gasteiger partial charge in [0, 0.05) is 30.8 Å². The van der Waals surface area contributed by atoms with Crippen molar-refractivity contribution in [3.05, 3.63) is 58.9 Å². The Hall–Kier alpha value is -3.24. The van der Waals surface area contributed by atoms with Crippen LogP contribution in [0.1, 0.15) is 5.56 Å². The zero-order chi connectivity index (χ0) is 25.4. The lowest BCUT2D eigenvalue weighted by Crippen LogP contribution is -2.58. The first-order valence-corrected chi connectivity index (χ1v) is 11.3. The molecular formula is C24H21ClF3N3O3S. The van der Waals surface area contributed by atoms with Crippen LogP contribution in [0.5, 0.6) is 5.75 Å². The summed E-state index contributed by atoms with van der Waals surface area (Å²) in [7, 11) is 1.49. The van der Waals surface area contributed by atoms with Crippen molar-refractivity contribution < 1.29 is 27.8 Å². The van der Waals surface area contributed by atoms with E-state index in [1.165, 1.54) is 18.1 Å². The molecule has 1 atom stereocenters. The molecule has 1 aliphatic heterocycles. The first kappa shape index (κ1) is 24.9. The third-order valence-corrected chi connectivity index (χ3v) is 6.82. The summed E-state index contributed by atoms with van der Waals surface area (Å²) in [6.07, 6.45) is -4.19. The summed E-state index contributed by atoms with van der Waals surface area (Å²) < 4.78 is 48.7. The summed E-state index contributed by atoms with van der Waals surface area (Å²) in [5.41, 5.74) is 6.28. The lowest BCUT2D eigenvalue weighted by molar-refractivity contribution is 0.0129. The minimum absolute atomic E-state index is 0.00660. The molecule has 1 fully saturated rings. The number of ether oxygens (including phenoxy) is 1. The Balaban J connectivity index is 1.79. The highest BCUT2D eigenvalue weighted by Gasteiger charge is 2.37. The molecule has 0 aliphatic carbocycles. The van der Waals surface area contributed by atoms with Crippen LogP contribution >= 0.6 is 23.8 Å². The van der Waals surface area contributed by atoms with E-state index in [-0.39, 0.29) is 39.9 Å². The topological polar surface area (TPSA) is 79.0 Å². The van der Waals surface area contributed by atoms with E-state index in [0.717, 1.165) is 10.3 Å². The second-order valence-corrected chi connectivity index (χ2v) is 8.83. The third-order valence-electron chi connectivity index (χ3n) is 6.07. The van der Waals surface area contributed by atoms with Crippen molar-refractivity contribution in [2.45, 2.75) is 12.5 Å². The molecule has 0 spiro atoms. The molecule has 0 radical (unpaired) electrons. The van der Waals surface area contributed by atoms with Gasteiger partial charge in [-0.05, 0) is 34.5 Å². The Labute approximate surface area is 209 Å². The number of hydrogen-bond donors (Lipinski definition) is 2. The number of amides is 1. The second kappa shape index (κ2) is 9.79. The van der Waals surface area contributed by atoms with Gasteiger partial charge in [-0.2, -0.15) is 0 Å². The van der Waals surface area contributed by atoms with E-state index in [2.05, 4.69) is 0 Å². The molecule has 3 aromatic carbocycles. The first-order chi connectivity index (χ1) is 16.6. The number of anilines is 1. The van der Waals surface area contributed by atoms with Crippen molar-refractivity contribution in [2.75, 3.05) is 32.5 Å². The first-order valence-electron chi connectivity index (χ1n) is 10.6. The van der Waals surface area contributed by atoms with Crippen LogP contribution in [0.15, 0.2) is 42.5 Å². The predicted molar refractivity (Wildman–Crippen MR) is 133 cm³/mol. The summed E-state index contributed by atoms with van der Waals surface area (Å²) >= 11 is 12.0. The molecule has 1 unspecified atom stereocenters. The van der Waals surface area contributed by atoms with E-state index in [9.17, 15) is 18.7 Å². The Morgan fingerprint density at radius 3 is 2.63 bits per heavy atom. The molecule has 6 nitrogen and oxygen atoms in total. The fourth-order valence-corrected chi connectivity index (χ4v) is 4.96. The van der Waals surface area contributed by atoms with Crippen LogP contribution < -0.4 is 10.5 Å². The molecule has 0 saturated carbocycles. The van der Waals surface area contributed by atoms with Crippen molar-refractivity contribution in [2.24, 2.45) is 0 Å². The number of nitrogens with zero attached hydrogens (tertiary/aromatic N) is 2. The minimum Gasteiger partial charge on any atom is -0.497 e. The van der Waals surface area contributed by atoms with Crippen LogP contribution in [0.3, 0.4) is 0 Å². The molecule has 1 aliphatic rings. The van der Waals surface area contributed by atoms with E-state index in [0.29, 0.717) is 16.7 Å². The number of halogens is 4. The maximum absolute atomic E-state index is 15.8. The molecule has 35 heavy (non-hydrogen) atoms. The van der Waals surface area contributed by atoms with Crippen LogP contribution in [-0.2, 0) is 0 Å². The molecule has 1 amide bonds. The Bertz CT molecular complexity index is 1320. The lowest BCUT2D eigenvalue weighted by atomic mass is 9.95. The summed E-state index contributed by atoms with van der Waals surface area (Å²) in [5.74, 6) is -0.352. The number of benzene rings is 3. The fraction of sp³-hybridized carbons (Fsp3) is 0.250. The highest BCUT2D eigenvalue weighted by Crippen LogP contribution is 2.41. The van der Waals surface area contributed by atoms with Gasteiger partial charge in [0.15, 0.2) is 5.82 Å². The fourth-order valence-electron chi connectivity index (χ4n) is 4.27. The second-order valence-electron chi connectivity index (χ2n) is 8.03. The average molecular weight is 524 g/mol. The Morgan fingerprint density at radius 2 is 1.97 bits per heavy atom. The van der Waals surface area contributed by atoms with Gasteiger partial charge in [0.2, 0.25) is 0 Å². The van der Waals surface area contributed by atoms with Crippen LogP contribution in [0, 0.1) is 5.82 Å². The molecular weight excluding hydrogens is 503 g/mol. The van der Waals surface area contributed by atoms with Gasteiger partial charge in [-0.25, -0.2) is 18.0 Å². The van der Waals surface area contributed by atoms with E-state index in [4.69, 9.17) is 34.3 Å². The van der Waals surface area contributed by atoms with Crippen molar-refractivity contribution in [3.63, 3.8) is 0 Å². The summed E-state index contributed by atoms with van der Waals surface area (Å²) in [6, 6.07) is 10.6. The summed E-state index contributed by atoms with van der Waals surface area (Å²) in [6.45, 7) is -0.582. The monoisotopic (exact) mass is 523 g/mol. The van der Waals surface area contributed by atoms with Gasteiger partial charge in [0.25, 0.3) is 6.43 Å². The van der Waals surface area contributed by atoms with E-state index < -0.39 is 30.9 Å². The number of nitrogen functional groups attached to an aromatic ring is 1. The molecule has 11 heteroatoms. The predicted octanol–water partition coefficient (Wildman–Crippen LogP) is 5.49. The van der Waals surface area contributed by atoms with Crippen molar-refractivity contribution in [1.29, 1.82) is 0 Å². The van der Waals surface area contributed by atoms with E-state index >= 15 is 4.39 Å². The standard InChI is InChI=1S/C24H21ClF3N3O3S/c1-34-13-8-12-4-2-3-5-14(12)15(9-13)19-17(25)10-16(21(29)20(19)26)23(35)31-7-6-30(24(32)33)11-18(31)22(27)28/h2-5,8-10,18,22H,6-7,11,29H2,1H3,(H,32,33). The average Bonchev–Trinajstić information content (AvgIpc) is 2.85. The minimum atomic E-state index is -2.89. The molecule has 0 aromatic heterocycles. The molecule has 3 aromatic rings. The number of fused-ring (bicyclic) bond motifs is 1. The molecule has 4 rings (SSSR count). The maximum Gasteiger partial charge on any atom is 0.407 e. The number of alkyl halides is 2. The number of rotatable bonds is 4. The number of carboxylic acid groups (broad SMARTS) is 1. The summed E-state index contributed by atoms with van der Waals surface area (Å²) in [5, 5.41) is 10.7.